The van der Waals surface area contributed by atoms with E-state index in [0.717, 1.165) is 0 Å². The summed E-state index contributed by atoms with van der Waals surface area (Å²) in [6.45, 7) is 1.80. The Morgan fingerprint density at radius 1 is 1.50 bits per heavy atom. The van der Waals surface area contributed by atoms with Crippen molar-refractivity contribution in [2.75, 3.05) is 5.73 Å². The Bertz CT molecular complexity index is 554. The zero-order valence-corrected chi connectivity index (χ0v) is 10.4. The number of carbonyl (C=O) groups excluding carboxylic acids is 1. The molecule has 5 nitrogen and oxygen atoms in total. The van der Waals surface area contributed by atoms with E-state index in [0.29, 0.717) is 5.76 Å². The van der Waals surface area contributed by atoms with Crippen molar-refractivity contribution in [3.63, 3.8) is 0 Å². The Morgan fingerprint density at radius 2 is 2.28 bits per heavy atom. The molecule has 6 heteroatoms. The van der Waals surface area contributed by atoms with Gasteiger partial charge in [-0.3, -0.25) is 4.79 Å². The maximum Gasteiger partial charge on any atom is 0.272 e. The van der Waals surface area contributed by atoms with Crippen molar-refractivity contribution in [3.8, 4) is 0 Å². The number of pyridine rings is 1. The summed E-state index contributed by atoms with van der Waals surface area (Å²) in [6, 6.07) is 6.33. The minimum Gasteiger partial charge on any atom is -0.467 e. The highest BCUT2D eigenvalue weighted by atomic mass is 35.5. The first-order valence-electron chi connectivity index (χ1n) is 5.34. The SMILES string of the molecule is CC(NC(=O)c1nc(N)ccc1Cl)c1ccco1. The molecule has 0 saturated carbocycles. The topological polar surface area (TPSA) is 81.2 Å². The lowest BCUT2D eigenvalue weighted by Crippen LogP contribution is -2.27. The molecular weight excluding hydrogens is 254 g/mol. The lowest BCUT2D eigenvalue weighted by molar-refractivity contribution is 0.0930. The van der Waals surface area contributed by atoms with Crippen LogP contribution in [0, 0.1) is 0 Å². The van der Waals surface area contributed by atoms with E-state index in [1.54, 1.807) is 25.3 Å². The van der Waals surface area contributed by atoms with Crippen LogP contribution in [0.15, 0.2) is 34.9 Å². The first-order valence-corrected chi connectivity index (χ1v) is 5.72. The fraction of sp³-hybridized carbons (Fsp3) is 0.167. The van der Waals surface area contributed by atoms with Gasteiger partial charge in [0.2, 0.25) is 0 Å². The fourth-order valence-electron chi connectivity index (χ4n) is 1.49. The van der Waals surface area contributed by atoms with Gasteiger partial charge in [-0.2, -0.15) is 0 Å². The third kappa shape index (κ3) is 2.62. The summed E-state index contributed by atoms with van der Waals surface area (Å²) in [7, 11) is 0. The van der Waals surface area contributed by atoms with Crippen LogP contribution in [0.25, 0.3) is 0 Å². The number of amides is 1. The van der Waals surface area contributed by atoms with Gasteiger partial charge in [-0.15, -0.1) is 0 Å². The minimum atomic E-state index is -0.392. The molecule has 0 radical (unpaired) electrons. The van der Waals surface area contributed by atoms with Gasteiger partial charge in [0.05, 0.1) is 17.3 Å². The van der Waals surface area contributed by atoms with Crippen LogP contribution in [0.4, 0.5) is 5.82 Å². The predicted octanol–water partition coefficient (Wildman–Crippen LogP) is 2.40. The standard InChI is InChI=1S/C12H12ClN3O2/c1-7(9-3-2-6-18-9)15-12(17)11-8(13)4-5-10(14)16-11/h2-7H,1H3,(H2,14,16)(H,15,17). The molecular formula is C12H12ClN3O2. The highest BCUT2D eigenvalue weighted by molar-refractivity contribution is 6.33. The number of hydrogen-bond acceptors (Lipinski definition) is 4. The first kappa shape index (κ1) is 12.4. The Hall–Kier alpha value is -2.01. The summed E-state index contributed by atoms with van der Waals surface area (Å²) in [5.74, 6) is 0.509. The third-order valence-corrected chi connectivity index (χ3v) is 2.71. The number of aromatic nitrogens is 1. The molecule has 94 valence electrons. The number of halogens is 1. The predicted molar refractivity (Wildman–Crippen MR) is 68.2 cm³/mol. The zero-order valence-electron chi connectivity index (χ0n) is 9.68. The molecule has 0 aromatic carbocycles. The smallest absolute Gasteiger partial charge is 0.272 e. The number of carbonyl (C=O) groups is 1. The molecule has 1 amide bonds. The van der Waals surface area contributed by atoms with Gasteiger partial charge >= 0.3 is 0 Å². The molecule has 2 rings (SSSR count). The third-order valence-electron chi connectivity index (χ3n) is 2.40. The molecule has 1 unspecified atom stereocenters. The van der Waals surface area contributed by atoms with Crippen LogP contribution in [0.5, 0.6) is 0 Å². The Morgan fingerprint density at radius 3 is 2.94 bits per heavy atom. The molecule has 1 atom stereocenters. The summed E-state index contributed by atoms with van der Waals surface area (Å²) in [5, 5.41) is 2.99. The van der Waals surface area contributed by atoms with Crippen molar-refractivity contribution in [3.05, 3.63) is 47.0 Å². The maximum absolute atomic E-state index is 12.0. The molecule has 0 aliphatic carbocycles. The van der Waals surface area contributed by atoms with Crippen LogP contribution < -0.4 is 11.1 Å². The van der Waals surface area contributed by atoms with E-state index < -0.39 is 5.91 Å². The average molecular weight is 266 g/mol. The highest BCUT2D eigenvalue weighted by Crippen LogP contribution is 2.17. The van der Waals surface area contributed by atoms with Gasteiger partial charge in [-0.1, -0.05) is 11.6 Å². The Labute approximate surface area is 109 Å². The van der Waals surface area contributed by atoms with Crippen LogP contribution in [0.2, 0.25) is 5.02 Å². The molecule has 0 bridgehead atoms. The molecule has 3 N–H and O–H groups in total. The number of hydrogen-bond donors (Lipinski definition) is 2. The molecule has 0 saturated heterocycles. The lowest BCUT2D eigenvalue weighted by Gasteiger charge is -2.11. The van der Waals surface area contributed by atoms with Crippen molar-refractivity contribution >= 4 is 23.3 Å². The van der Waals surface area contributed by atoms with Crippen molar-refractivity contribution in [2.24, 2.45) is 0 Å². The van der Waals surface area contributed by atoms with Gasteiger partial charge in [0, 0.05) is 0 Å². The molecule has 18 heavy (non-hydrogen) atoms. The summed E-state index contributed by atoms with van der Waals surface area (Å²) in [6.07, 6.45) is 1.55. The zero-order chi connectivity index (χ0) is 13.1. The van der Waals surface area contributed by atoms with Crippen LogP contribution in [-0.2, 0) is 0 Å². The van der Waals surface area contributed by atoms with E-state index >= 15 is 0 Å². The van der Waals surface area contributed by atoms with Gasteiger partial charge in [-0.05, 0) is 31.2 Å². The number of anilines is 1. The largest absolute Gasteiger partial charge is 0.467 e. The molecule has 2 aromatic rings. The van der Waals surface area contributed by atoms with E-state index in [1.165, 1.54) is 12.1 Å². The highest BCUT2D eigenvalue weighted by Gasteiger charge is 2.17. The van der Waals surface area contributed by atoms with Crippen molar-refractivity contribution in [2.45, 2.75) is 13.0 Å². The van der Waals surface area contributed by atoms with E-state index in [2.05, 4.69) is 10.3 Å². The van der Waals surface area contributed by atoms with Gasteiger partial charge in [0.1, 0.15) is 17.3 Å². The van der Waals surface area contributed by atoms with E-state index in [4.69, 9.17) is 21.8 Å². The lowest BCUT2D eigenvalue weighted by atomic mass is 10.2. The monoisotopic (exact) mass is 265 g/mol. The van der Waals surface area contributed by atoms with Crippen molar-refractivity contribution in [1.82, 2.24) is 10.3 Å². The van der Waals surface area contributed by atoms with E-state index in [-0.39, 0.29) is 22.6 Å². The number of nitrogen functional groups attached to an aromatic ring is 1. The summed E-state index contributed by atoms with van der Waals surface area (Å²) in [4.78, 5) is 15.9. The molecule has 0 aliphatic rings. The van der Waals surface area contributed by atoms with E-state index in [1.807, 2.05) is 0 Å². The average Bonchev–Trinajstić information content (AvgIpc) is 2.85. The van der Waals surface area contributed by atoms with Gasteiger partial charge < -0.3 is 15.5 Å². The minimum absolute atomic E-state index is 0.107. The van der Waals surface area contributed by atoms with Crippen LogP contribution in [0.1, 0.15) is 29.2 Å². The van der Waals surface area contributed by atoms with Crippen LogP contribution >= 0.6 is 11.6 Å². The van der Waals surface area contributed by atoms with E-state index in [9.17, 15) is 4.79 Å². The second-order valence-corrected chi connectivity index (χ2v) is 4.18. The second kappa shape index (κ2) is 5.10. The number of nitrogens with two attached hydrogens (primary N) is 1. The molecule has 0 spiro atoms. The van der Waals surface area contributed by atoms with Gasteiger partial charge in [-0.25, -0.2) is 4.98 Å². The van der Waals surface area contributed by atoms with Crippen molar-refractivity contribution in [1.29, 1.82) is 0 Å². The number of nitrogens with zero attached hydrogens (tertiary/aromatic N) is 1. The number of rotatable bonds is 3. The quantitative estimate of drug-likeness (QED) is 0.893. The number of furan rings is 1. The van der Waals surface area contributed by atoms with Gasteiger partial charge in [0.15, 0.2) is 0 Å². The van der Waals surface area contributed by atoms with Crippen LogP contribution in [-0.4, -0.2) is 10.9 Å². The first-order chi connectivity index (χ1) is 8.58. The fourth-order valence-corrected chi connectivity index (χ4v) is 1.68. The molecule has 2 heterocycles. The molecule has 0 fully saturated rings. The summed E-state index contributed by atoms with van der Waals surface area (Å²) < 4.78 is 5.19. The summed E-state index contributed by atoms with van der Waals surface area (Å²) >= 11 is 5.90. The second-order valence-electron chi connectivity index (χ2n) is 3.78. The van der Waals surface area contributed by atoms with Gasteiger partial charge in [0.25, 0.3) is 5.91 Å². The normalized spacial score (nSPS) is 12.1. The van der Waals surface area contributed by atoms with Crippen molar-refractivity contribution < 1.29 is 9.21 Å². The maximum atomic E-state index is 12.0. The summed E-state index contributed by atoms with van der Waals surface area (Å²) in [5.41, 5.74) is 5.63. The Kier molecular flexibility index (Phi) is 3.53. The molecule has 0 aliphatic heterocycles. The van der Waals surface area contributed by atoms with Crippen LogP contribution in [0.3, 0.4) is 0 Å². The number of nitrogens with one attached hydrogen (secondary N) is 1. The molecule has 2 aromatic heterocycles. The Balaban J connectivity index is 2.15.